The molecule has 1 saturated heterocycles. The molecule has 0 N–H and O–H groups in total. The molecule has 0 aromatic rings. The second-order valence-corrected chi connectivity index (χ2v) is 3.35. The van der Waals surface area contributed by atoms with Crippen molar-refractivity contribution in [3.63, 3.8) is 0 Å². The molecule has 1 aliphatic carbocycles. The van der Waals surface area contributed by atoms with Gasteiger partial charge in [-0.1, -0.05) is 0 Å². The van der Waals surface area contributed by atoms with Gasteiger partial charge >= 0.3 is 0 Å². The molecule has 9 heavy (non-hydrogen) atoms. The van der Waals surface area contributed by atoms with E-state index in [0.717, 1.165) is 11.8 Å². The van der Waals surface area contributed by atoms with Gasteiger partial charge in [0.25, 0.3) is 0 Å². The van der Waals surface area contributed by atoms with E-state index in [2.05, 4.69) is 0 Å². The van der Waals surface area contributed by atoms with Crippen LogP contribution < -0.4 is 0 Å². The number of ether oxygens (including phenoxy) is 1. The van der Waals surface area contributed by atoms with Crippen molar-refractivity contribution >= 4 is 11.6 Å². The first kappa shape index (κ1) is 5.99. The van der Waals surface area contributed by atoms with Crippen molar-refractivity contribution < 1.29 is 4.74 Å². The Kier molecular flexibility index (Phi) is 1.42. The monoisotopic (exact) mass is 146 g/mol. The summed E-state index contributed by atoms with van der Waals surface area (Å²) in [4.78, 5) is 0. The summed E-state index contributed by atoms with van der Waals surface area (Å²) in [5.41, 5.74) is 0. The molecule has 1 aliphatic heterocycles. The molecule has 0 radical (unpaired) electrons. The van der Waals surface area contributed by atoms with E-state index in [1.54, 1.807) is 0 Å². The van der Waals surface area contributed by atoms with Crippen LogP contribution in [-0.4, -0.2) is 18.1 Å². The van der Waals surface area contributed by atoms with E-state index in [0.29, 0.717) is 12.2 Å². The highest BCUT2D eigenvalue weighted by Crippen LogP contribution is 2.39. The average Bonchev–Trinajstić information content (AvgIpc) is 2.64. The fraction of sp³-hybridized carbons (Fsp3) is 1.00. The first-order chi connectivity index (χ1) is 4.40. The molecule has 3 atom stereocenters. The van der Waals surface area contributed by atoms with Crippen molar-refractivity contribution in [2.45, 2.75) is 31.5 Å². The minimum atomic E-state index is 0.600. The molecule has 1 saturated carbocycles. The lowest BCUT2D eigenvalue weighted by Crippen LogP contribution is -2.14. The summed E-state index contributed by atoms with van der Waals surface area (Å²) in [5, 5.41) is 0. The van der Waals surface area contributed by atoms with E-state index in [1.165, 1.54) is 19.3 Å². The van der Waals surface area contributed by atoms with Crippen LogP contribution in [-0.2, 0) is 4.74 Å². The number of rotatable bonds is 1. The Morgan fingerprint density at radius 1 is 1.33 bits per heavy atom. The molecule has 2 heteroatoms. The highest BCUT2D eigenvalue weighted by atomic mass is 35.5. The molecule has 0 spiro atoms. The molecule has 52 valence electrons. The second kappa shape index (κ2) is 2.14. The average molecular weight is 147 g/mol. The molecule has 0 aromatic carbocycles. The quantitative estimate of drug-likeness (QED) is 0.406. The van der Waals surface area contributed by atoms with Gasteiger partial charge in [-0.15, -0.1) is 11.6 Å². The van der Waals surface area contributed by atoms with Crippen molar-refractivity contribution in [2.75, 3.05) is 5.88 Å². The van der Waals surface area contributed by atoms with E-state index in [-0.39, 0.29) is 0 Å². The lowest BCUT2D eigenvalue weighted by Gasteiger charge is -2.14. The summed E-state index contributed by atoms with van der Waals surface area (Å²) in [6.07, 6.45) is 4.98. The summed E-state index contributed by atoms with van der Waals surface area (Å²) in [6.45, 7) is 0. The van der Waals surface area contributed by atoms with E-state index in [1.807, 2.05) is 0 Å². The maximum atomic E-state index is 5.71. The lowest BCUT2D eigenvalue weighted by molar-refractivity contribution is 0.367. The first-order valence-corrected chi connectivity index (χ1v) is 4.15. The van der Waals surface area contributed by atoms with Crippen molar-refractivity contribution in [3.05, 3.63) is 0 Å². The molecule has 2 rings (SSSR count). The fourth-order valence-corrected chi connectivity index (χ4v) is 1.91. The summed E-state index contributed by atoms with van der Waals surface area (Å²) >= 11 is 5.71. The number of alkyl halides is 1. The maximum Gasteiger partial charge on any atom is 0.0845 e. The Hall–Kier alpha value is 0.250. The van der Waals surface area contributed by atoms with Gasteiger partial charge in [0, 0.05) is 5.88 Å². The lowest BCUT2D eigenvalue weighted by atomic mass is 9.91. The third-order valence-corrected chi connectivity index (χ3v) is 2.77. The number of fused-ring (bicyclic) bond motifs is 1. The molecular formula is C7H11ClO. The Labute approximate surface area is 60.3 Å². The van der Waals surface area contributed by atoms with Crippen molar-refractivity contribution in [3.8, 4) is 0 Å². The Morgan fingerprint density at radius 2 is 2.22 bits per heavy atom. The highest BCUT2D eigenvalue weighted by Gasteiger charge is 2.43. The van der Waals surface area contributed by atoms with Crippen LogP contribution in [0.1, 0.15) is 19.3 Å². The van der Waals surface area contributed by atoms with Crippen LogP contribution in [0.3, 0.4) is 0 Å². The van der Waals surface area contributed by atoms with Crippen molar-refractivity contribution in [1.29, 1.82) is 0 Å². The standard InChI is InChI=1S/C7H11ClO/c8-4-5-1-2-6-7(3-5)9-6/h5-7H,1-4H2. The van der Waals surface area contributed by atoms with Crippen molar-refractivity contribution in [2.24, 2.45) is 5.92 Å². The van der Waals surface area contributed by atoms with Gasteiger partial charge in [0.2, 0.25) is 0 Å². The van der Waals surface area contributed by atoms with Crippen LogP contribution in [0.5, 0.6) is 0 Å². The molecule has 0 aromatic heterocycles. The zero-order chi connectivity index (χ0) is 6.27. The number of hydrogen-bond acceptors (Lipinski definition) is 1. The van der Waals surface area contributed by atoms with E-state index in [4.69, 9.17) is 16.3 Å². The predicted octanol–water partition coefficient (Wildman–Crippen LogP) is 1.79. The molecule has 2 fully saturated rings. The van der Waals surface area contributed by atoms with E-state index >= 15 is 0 Å². The number of hydrogen-bond donors (Lipinski definition) is 0. The maximum absolute atomic E-state index is 5.71. The van der Waals surface area contributed by atoms with Crippen LogP contribution in [0.2, 0.25) is 0 Å². The van der Waals surface area contributed by atoms with Crippen LogP contribution in [0.25, 0.3) is 0 Å². The van der Waals surface area contributed by atoms with Gasteiger partial charge in [-0.2, -0.15) is 0 Å². The Balaban J connectivity index is 1.86. The Morgan fingerprint density at radius 3 is 2.89 bits per heavy atom. The van der Waals surface area contributed by atoms with Gasteiger partial charge in [-0.05, 0) is 25.2 Å². The largest absolute Gasteiger partial charge is 0.370 e. The fourth-order valence-electron chi connectivity index (χ4n) is 1.63. The molecule has 2 aliphatic rings. The minimum Gasteiger partial charge on any atom is -0.370 e. The first-order valence-electron chi connectivity index (χ1n) is 3.61. The topological polar surface area (TPSA) is 12.5 Å². The summed E-state index contributed by atoms with van der Waals surface area (Å²) in [6, 6.07) is 0. The number of epoxide rings is 1. The van der Waals surface area contributed by atoms with Gasteiger partial charge < -0.3 is 4.74 Å². The van der Waals surface area contributed by atoms with Gasteiger partial charge in [-0.3, -0.25) is 0 Å². The summed E-state index contributed by atoms with van der Waals surface area (Å²) in [7, 11) is 0. The Bertz CT molecular complexity index is 115. The number of halogens is 1. The molecule has 1 heterocycles. The summed E-state index contributed by atoms with van der Waals surface area (Å²) < 4.78 is 5.35. The molecule has 0 bridgehead atoms. The zero-order valence-electron chi connectivity index (χ0n) is 5.35. The normalized spacial score (nSPS) is 48.3. The third-order valence-electron chi connectivity index (χ3n) is 2.33. The molecule has 1 nitrogen and oxygen atoms in total. The minimum absolute atomic E-state index is 0.600. The van der Waals surface area contributed by atoms with Gasteiger partial charge in [-0.25, -0.2) is 0 Å². The zero-order valence-corrected chi connectivity index (χ0v) is 6.10. The van der Waals surface area contributed by atoms with Crippen LogP contribution in [0, 0.1) is 5.92 Å². The van der Waals surface area contributed by atoms with Crippen molar-refractivity contribution in [1.82, 2.24) is 0 Å². The SMILES string of the molecule is ClCC1CCC2OC2C1. The van der Waals surface area contributed by atoms with Crippen LogP contribution in [0.4, 0.5) is 0 Å². The van der Waals surface area contributed by atoms with Crippen LogP contribution in [0.15, 0.2) is 0 Å². The third kappa shape index (κ3) is 1.08. The van der Waals surface area contributed by atoms with Crippen LogP contribution >= 0.6 is 11.6 Å². The van der Waals surface area contributed by atoms with Gasteiger partial charge in [0.15, 0.2) is 0 Å². The highest BCUT2D eigenvalue weighted by molar-refractivity contribution is 6.18. The van der Waals surface area contributed by atoms with Gasteiger partial charge in [0.05, 0.1) is 12.2 Å². The summed E-state index contributed by atoms with van der Waals surface area (Å²) in [5.74, 6) is 1.57. The molecule has 0 amide bonds. The molecular weight excluding hydrogens is 136 g/mol. The smallest absolute Gasteiger partial charge is 0.0845 e. The second-order valence-electron chi connectivity index (χ2n) is 3.05. The predicted molar refractivity (Wildman–Crippen MR) is 36.7 cm³/mol. The van der Waals surface area contributed by atoms with E-state index in [9.17, 15) is 0 Å². The molecule has 3 unspecified atom stereocenters. The van der Waals surface area contributed by atoms with Gasteiger partial charge in [0.1, 0.15) is 0 Å². The van der Waals surface area contributed by atoms with E-state index < -0.39 is 0 Å².